The van der Waals surface area contributed by atoms with Crippen LogP contribution in [0.1, 0.15) is 18.1 Å². The number of hydrazone groups is 1. The number of methoxy groups -OCH3 is 1. The van der Waals surface area contributed by atoms with E-state index in [4.69, 9.17) is 9.84 Å². The number of nitrogens with zero attached hydrogens (tertiary/aromatic N) is 4. The van der Waals surface area contributed by atoms with Crippen LogP contribution >= 0.6 is 15.9 Å². The van der Waals surface area contributed by atoms with Gasteiger partial charge in [-0.15, -0.1) is 0 Å². The Kier molecular flexibility index (Phi) is 5.56. The number of hydrogen-bond donors (Lipinski definition) is 0. The molecule has 0 unspecified atom stereocenters. The van der Waals surface area contributed by atoms with Crippen LogP contribution in [0, 0.1) is 12.3 Å². The number of amides is 1. The first-order valence-electron chi connectivity index (χ1n) is 12.3. The van der Waals surface area contributed by atoms with Gasteiger partial charge >= 0.3 is 0 Å². The van der Waals surface area contributed by atoms with Gasteiger partial charge in [-0.25, -0.2) is 0 Å². The van der Waals surface area contributed by atoms with Crippen LogP contribution in [0.3, 0.4) is 0 Å². The number of ether oxygens (including phenoxy) is 1. The fourth-order valence-electron chi connectivity index (χ4n) is 5.99. The van der Waals surface area contributed by atoms with E-state index < -0.39 is 5.41 Å². The minimum absolute atomic E-state index is 0.0336. The minimum atomic E-state index is -0.732. The maximum atomic E-state index is 14.4. The van der Waals surface area contributed by atoms with E-state index in [1.807, 2.05) is 43.3 Å². The molecule has 3 aromatic rings. The summed E-state index contributed by atoms with van der Waals surface area (Å²) < 4.78 is 6.39. The molecule has 1 amide bonds. The molecular formula is C29H29BrN4O2. The summed E-state index contributed by atoms with van der Waals surface area (Å²) in [6.45, 7) is 6.52. The van der Waals surface area contributed by atoms with Gasteiger partial charge in [-0.2, -0.15) is 10.1 Å². The third-order valence-corrected chi connectivity index (χ3v) is 8.45. The zero-order valence-corrected chi connectivity index (χ0v) is 22.3. The summed E-state index contributed by atoms with van der Waals surface area (Å²) in [4.78, 5) is 19.2. The van der Waals surface area contributed by atoms with Gasteiger partial charge in [0, 0.05) is 35.5 Å². The van der Waals surface area contributed by atoms with Gasteiger partial charge in [0.2, 0.25) is 0 Å². The second-order valence-electron chi connectivity index (χ2n) is 9.91. The van der Waals surface area contributed by atoms with E-state index in [0.717, 1.165) is 52.5 Å². The van der Waals surface area contributed by atoms with Crippen LogP contribution in [-0.4, -0.2) is 44.4 Å². The van der Waals surface area contributed by atoms with Crippen LogP contribution in [0.2, 0.25) is 0 Å². The van der Waals surface area contributed by atoms with Crippen molar-refractivity contribution in [3.63, 3.8) is 0 Å². The number of halogens is 1. The van der Waals surface area contributed by atoms with Crippen molar-refractivity contribution < 1.29 is 9.53 Å². The van der Waals surface area contributed by atoms with Crippen LogP contribution < -0.4 is 19.5 Å². The number of benzene rings is 3. The number of piperazine rings is 1. The lowest BCUT2D eigenvalue weighted by Crippen LogP contribution is -2.67. The van der Waals surface area contributed by atoms with E-state index in [0.29, 0.717) is 6.42 Å². The van der Waals surface area contributed by atoms with Crippen molar-refractivity contribution in [1.82, 2.24) is 0 Å². The normalized spacial score (nSPS) is 23.0. The van der Waals surface area contributed by atoms with Gasteiger partial charge in [-0.05, 0) is 80.4 Å². The van der Waals surface area contributed by atoms with E-state index in [1.54, 1.807) is 12.1 Å². The Hall–Kier alpha value is -3.32. The Morgan fingerprint density at radius 2 is 1.69 bits per heavy atom. The molecule has 0 bridgehead atoms. The van der Waals surface area contributed by atoms with Crippen LogP contribution in [0.15, 0.2) is 76.3 Å². The molecule has 0 radical (unpaired) electrons. The Bertz CT molecular complexity index is 1350. The Balaban J connectivity index is 1.43. The highest BCUT2D eigenvalue weighted by Gasteiger charge is 2.60. The molecule has 2 atom stereocenters. The molecule has 3 aliphatic rings. The standard InChI is InChI=1S/C29H29BrN4O2/c1-19-4-7-24(8-5-19)34-28(35)29(20(2)31-34)17-21-16-22(30)6-13-26(21)33-15-14-32(18-27(29)33)23-9-11-25(36-3)12-10-23/h4-13,16,27H,14-15,17-18H2,1-3H3/t27-,29+/m0/s1. The lowest BCUT2D eigenvalue weighted by atomic mass is 9.67. The SMILES string of the molecule is COc1ccc(N2CCN3c4ccc(Br)cc4C[C@]4(C(=O)N(c5ccc(C)cc5)N=C4C)[C@@H]3C2)cc1. The summed E-state index contributed by atoms with van der Waals surface area (Å²) in [5.41, 5.74) is 5.67. The largest absolute Gasteiger partial charge is 0.497 e. The lowest BCUT2D eigenvalue weighted by Gasteiger charge is -2.53. The first-order valence-corrected chi connectivity index (χ1v) is 13.1. The summed E-state index contributed by atoms with van der Waals surface area (Å²) in [6.07, 6.45) is 0.635. The van der Waals surface area contributed by atoms with E-state index in [2.05, 4.69) is 63.0 Å². The highest BCUT2D eigenvalue weighted by atomic mass is 79.9. The van der Waals surface area contributed by atoms with Crippen LogP contribution in [0.25, 0.3) is 0 Å². The fraction of sp³-hybridized carbons (Fsp3) is 0.310. The van der Waals surface area contributed by atoms with Crippen molar-refractivity contribution in [2.24, 2.45) is 10.5 Å². The molecule has 3 aromatic carbocycles. The van der Waals surface area contributed by atoms with Crippen LogP contribution in [0.4, 0.5) is 17.1 Å². The lowest BCUT2D eigenvalue weighted by molar-refractivity contribution is -0.125. The highest BCUT2D eigenvalue weighted by molar-refractivity contribution is 9.10. The Morgan fingerprint density at radius 1 is 0.972 bits per heavy atom. The van der Waals surface area contributed by atoms with Crippen molar-refractivity contribution >= 4 is 44.6 Å². The van der Waals surface area contributed by atoms with Crippen molar-refractivity contribution in [1.29, 1.82) is 0 Å². The number of hydrogen-bond acceptors (Lipinski definition) is 5. The van der Waals surface area contributed by atoms with Crippen molar-refractivity contribution in [2.45, 2.75) is 26.3 Å². The van der Waals surface area contributed by atoms with Crippen LogP contribution in [-0.2, 0) is 11.2 Å². The van der Waals surface area contributed by atoms with Gasteiger partial charge in [-0.3, -0.25) is 4.79 Å². The number of rotatable bonds is 3. The maximum Gasteiger partial charge on any atom is 0.261 e. The quantitative estimate of drug-likeness (QED) is 0.441. The third kappa shape index (κ3) is 3.52. The molecule has 1 fully saturated rings. The molecule has 3 aliphatic heterocycles. The molecule has 0 aromatic heterocycles. The molecule has 184 valence electrons. The number of aryl methyl sites for hydroxylation is 1. The zero-order chi connectivity index (χ0) is 25.0. The summed E-state index contributed by atoms with van der Waals surface area (Å²) in [5, 5.41) is 6.51. The smallest absolute Gasteiger partial charge is 0.261 e. The van der Waals surface area contributed by atoms with Crippen LogP contribution in [0.5, 0.6) is 5.75 Å². The summed E-state index contributed by atoms with van der Waals surface area (Å²) in [5.74, 6) is 0.898. The van der Waals surface area contributed by atoms with Crippen molar-refractivity contribution in [2.75, 3.05) is 41.6 Å². The van der Waals surface area contributed by atoms with E-state index in [-0.39, 0.29) is 11.9 Å². The molecule has 1 spiro atoms. The van der Waals surface area contributed by atoms with Crippen molar-refractivity contribution in [3.8, 4) is 5.75 Å². The monoisotopic (exact) mass is 544 g/mol. The average Bonchev–Trinajstić information content (AvgIpc) is 3.14. The highest BCUT2D eigenvalue weighted by Crippen LogP contribution is 2.49. The van der Waals surface area contributed by atoms with Gasteiger partial charge in [0.25, 0.3) is 5.91 Å². The summed E-state index contributed by atoms with van der Waals surface area (Å²) >= 11 is 3.65. The molecule has 1 saturated heterocycles. The predicted octanol–water partition coefficient (Wildman–Crippen LogP) is 5.43. The number of fused-ring (bicyclic) bond motifs is 4. The Morgan fingerprint density at radius 3 is 2.42 bits per heavy atom. The first kappa shape index (κ1) is 23.1. The Labute approximate surface area is 220 Å². The van der Waals surface area contributed by atoms with E-state index in [9.17, 15) is 4.79 Å². The maximum absolute atomic E-state index is 14.4. The predicted molar refractivity (Wildman–Crippen MR) is 148 cm³/mol. The third-order valence-electron chi connectivity index (χ3n) is 7.96. The topological polar surface area (TPSA) is 48.4 Å². The minimum Gasteiger partial charge on any atom is -0.497 e. The second kappa shape index (κ2) is 8.66. The van der Waals surface area contributed by atoms with Gasteiger partial charge in [0.05, 0.1) is 24.6 Å². The summed E-state index contributed by atoms with van der Waals surface area (Å²) in [6, 6.07) is 22.6. The van der Waals surface area contributed by atoms with Gasteiger partial charge in [0.15, 0.2) is 0 Å². The molecular weight excluding hydrogens is 516 g/mol. The van der Waals surface area contributed by atoms with E-state index in [1.165, 1.54) is 11.3 Å². The molecule has 6 rings (SSSR count). The molecule has 36 heavy (non-hydrogen) atoms. The van der Waals surface area contributed by atoms with E-state index >= 15 is 0 Å². The first-order chi connectivity index (χ1) is 17.4. The fourth-order valence-corrected chi connectivity index (χ4v) is 6.40. The number of anilines is 3. The number of carbonyl (C=O) groups is 1. The molecule has 3 heterocycles. The molecule has 0 saturated carbocycles. The van der Waals surface area contributed by atoms with Gasteiger partial charge in [0.1, 0.15) is 11.2 Å². The van der Waals surface area contributed by atoms with Crippen molar-refractivity contribution in [3.05, 3.63) is 82.3 Å². The van der Waals surface area contributed by atoms with Gasteiger partial charge < -0.3 is 14.5 Å². The molecule has 0 aliphatic carbocycles. The average molecular weight is 545 g/mol. The van der Waals surface area contributed by atoms with Gasteiger partial charge in [-0.1, -0.05) is 33.6 Å². The molecule has 6 nitrogen and oxygen atoms in total. The second-order valence-corrected chi connectivity index (χ2v) is 10.8. The summed E-state index contributed by atoms with van der Waals surface area (Å²) in [7, 11) is 1.68. The molecule has 7 heteroatoms. The zero-order valence-electron chi connectivity index (χ0n) is 20.7. The molecule has 0 N–H and O–H groups in total. The number of carbonyl (C=O) groups excluding carboxylic acids is 1.